The molecule has 1 aliphatic carbocycles. The molecule has 0 radical (unpaired) electrons. The maximum absolute atomic E-state index is 14.4. The molecule has 2 fully saturated rings. The average molecular weight is 374 g/mol. The molecular formula is C20H26F4O2. The van der Waals surface area contributed by atoms with E-state index in [9.17, 15) is 17.6 Å². The Balaban J connectivity index is 1.52. The molecule has 2 atom stereocenters. The number of rotatable bonds is 6. The van der Waals surface area contributed by atoms with Gasteiger partial charge in [0.2, 0.25) is 0 Å². The summed E-state index contributed by atoms with van der Waals surface area (Å²) in [6, 6.07) is 2.48. The molecule has 1 saturated carbocycles. The molecule has 1 aromatic carbocycles. The molecule has 2 nitrogen and oxygen atoms in total. The maximum atomic E-state index is 14.4. The quantitative estimate of drug-likeness (QED) is 0.561. The van der Waals surface area contributed by atoms with Crippen LogP contribution in [0.15, 0.2) is 18.2 Å². The van der Waals surface area contributed by atoms with Gasteiger partial charge in [0.15, 0.2) is 11.6 Å². The Labute approximate surface area is 151 Å². The second kappa shape index (κ2) is 8.15. The number of ether oxygens (including phenoxy) is 2. The summed E-state index contributed by atoms with van der Waals surface area (Å²) in [5.41, 5.74) is 0. The summed E-state index contributed by atoms with van der Waals surface area (Å²) in [7, 11) is 0. The Bertz CT molecular complexity index is 599. The van der Waals surface area contributed by atoms with Crippen LogP contribution in [0.4, 0.5) is 17.6 Å². The van der Waals surface area contributed by atoms with Crippen molar-refractivity contribution in [1.82, 2.24) is 0 Å². The Hall–Kier alpha value is -1.30. The molecule has 2 unspecified atom stereocenters. The van der Waals surface area contributed by atoms with Crippen molar-refractivity contribution >= 4 is 0 Å². The van der Waals surface area contributed by atoms with Crippen molar-refractivity contribution in [1.29, 1.82) is 0 Å². The van der Waals surface area contributed by atoms with Crippen LogP contribution in [0.3, 0.4) is 0 Å². The third kappa shape index (κ3) is 4.51. The molecule has 0 bridgehead atoms. The van der Waals surface area contributed by atoms with Crippen molar-refractivity contribution in [3.8, 4) is 5.75 Å². The van der Waals surface area contributed by atoms with Gasteiger partial charge in [0.05, 0.1) is 18.1 Å². The van der Waals surface area contributed by atoms with Crippen LogP contribution in [0.5, 0.6) is 5.75 Å². The highest BCUT2D eigenvalue weighted by Crippen LogP contribution is 2.43. The zero-order valence-electron chi connectivity index (χ0n) is 15.0. The van der Waals surface area contributed by atoms with E-state index in [0.717, 1.165) is 37.8 Å². The fourth-order valence-corrected chi connectivity index (χ4v) is 4.22. The molecule has 146 valence electrons. The van der Waals surface area contributed by atoms with E-state index < -0.39 is 23.7 Å². The first-order chi connectivity index (χ1) is 12.4. The molecule has 0 amide bonds. The summed E-state index contributed by atoms with van der Waals surface area (Å²) < 4.78 is 65.8. The van der Waals surface area contributed by atoms with Gasteiger partial charge in [0, 0.05) is 6.07 Å². The van der Waals surface area contributed by atoms with Crippen LogP contribution in [0.1, 0.15) is 58.3 Å². The van der Waals surface area contributed by atoms with E-state index in [-0.39, 0.29) is 11.9 Å². The molecule has 3 rings (SSSR count). The summed E-state index contributed by atoms with van der Waals surface area (Å²) in [6.07, 6.45) is 3.42. The molecule has 0 N–H and O–H groups in total. The Morgan fingerprint density at radius 3 is 2.42 bits per heavy atom. The lowest BCUT2D eigenvalue weighted by Crippen LogP contribution is -2.38. The summed E-state index contributed by atoms with van der Waals surface area (Å²) in [4.78, 5) is 0. The van der Waals surface area contributed by atoms with E-state index in [2.05, 4.69) is 6.92 Å². The van der Waals surface area contributed by atoms with Crippen molar-refractivity contribution < 1.29 is 27.0 Å². The molecule has 1 heterocycles. The number of hydrogen-bond donors (Lipinski definition) is 0. The highest BCUT2D eigenvalue weighted by atomic mass is 19.3. The van der Waals surface area contributed by atoms with Gasteiger partial charge in [-0.1, -0.05) is 13.3 Å². The molecular weight excluding hydrogens is 348 g/mol. The number of halogens is 4. The standard InChI is InChI=1S/C20H26F4O2/c1-2-3-15-9-11-19(25-15)13-4-6-14(7-5-13)20(23,24)26-16-8-10-17(21)18(22)12-16/h8,10,12-15,19H,2-7,9,11H2,1H3. The van der Waals surface area contributed by atoms with Gasteiger partial charge in [-0.2, -0.15) is 8.78 Å². The van der Waals surface area contributed by atoms with Gasteiger partial charge in [-0.25, -0.2) is 8.78 Å². The van der Waals surface area contributed by atoms with Gasteiger partial charge in [0.25, 0.3) is 0 Å². The highest BCUT2D eigenvalue weighted by molar-refractivity contribution is 5.24. The fraction of sp³-hybridized carbons (Fsp3) is 0.700. The highest BCUT2D eigenvalue weighted by Gasteiger charge is 2.45. The Morgan fingerprint density at radius 2 is 1.77 bits per heavy atom. The minimum atomic E-state index is -3.39. The topological polar surface area (TPSA) is 18.5 Å². The van der Waals surface area contributed by atoms with Gasteiger partial charge >= 0.3 is 6.11 Å². The van der Waals surface area contributed by atoms with Gasteiger partial charge < -0.3 is 9.47 Å². The number of alkyl halides is 2. The van der Waals surface area contributed by atoms with E-state index in [1.807, 2.05) is 0 Å². The van der Waals surface area contributed by atoms with Crippen LogP contribution in [0.25, 0.3) is 0 Å². The Kier molecular flexibility index (Phi) is 6.10. The largest absolute Gasteiger partial charge is 0.432 e. The van der Waals surface area contributed by atoms with E-state index in [0.29, 0.717) is 43.8 Å². The number of benzene rings is 1. The lowest BCUT2D eigenvalue weighted by Gasteiger charge is -2.35. The van der Waals surface area contributed by atoms with Crippen molar-refractivity contribution in [2.45, 2.75) is 76.6 Å². The minimum Gasteiger partial charge on any atom is -0.432 e. The number of hydrogen-bond acceptors (Lipinski definition) is 2. The molecule has 26 heavy (non-hydrogen) atoms. The smallest absolute Gasteiger partial charge is 0.400 e. The molecule has 1 aromatic rings. The molecule has 1 aliphatic heterocycles. The molecule has 6 heteroatoms. The molecule has 2 aliphatic rings. The maximum Gasteiger partial charge on any atom is 0.400 e. The van der Waals surface area contributed by atoms with Crippen LogP contribution in [0, 0.1) is 23.5 Å². The Morgan fingerprint density at radius 1 is 1.04 bits per heavy atom. The lowest BCUT2D eigenvalue weighted by atomic mass is 9.78. The first-order valence-electron chi connectivity index (χ1n) is 9.56. The second-order valence-electron chi connectivity index (χ2n) is 7.51. The van der Waals surface area contributed by atoms with Crippen molar-refractivity contribution in [3.63, 3.8) is 0 Å². The summed E-state index contributed by atoms with van der Waals surface area (Å²) >= 11 is 0. The third-order valence-electron chi connectivity index (χ3n) is 5.67. The van der Waals surface area contributed by atoms with E-state index in [1.165, 1.54) is 0 Å². The van der Waals surface area contributed by atoms with E-state index in [4.69, 9.17) is 9.47 Å². The van der Waals surface area contributed by atoms with Gasteiger partial charge in [-0.05, 0) is 63.0 Å². The zero-order chi connectivity index (χ0) is 18.7. The van der Waals surface area contributed by atoms with Crippen LogP contribution in [-0.4, -0.2) is 18.3 Å². The monoisotopic (exact) mass is 374 g/mol. The van der Waals surface area contributed by atoms with Crippen molar-refractivity contribution in [2.24, 2.45) is 11.8 Å². The summed E-state index contributed by atoms with van der Waals surface area (Å²) in [5, 5.41) is 0. The van der Waals surface area contributed by atoms with Gasteiger partial charge in [-0.3, -0.25) is 0 Å². The third-order valence-corrected chi connectivity index (χ3v) is 5.67. The average Bonchev–Trinajstić information content (AvgIpc) is 3.07. The van der Waals surface area contributed by atoms with Gasteiger partial charge in [0.1, 0.15) is 5.75 Å². The second-order valence-corrected chi connectivity index (χ2v) is 7.51. The van der Waals surface area contributed by atoms with Crippen LogP contribution in [0.2, 0.25) is 0 Å². The summed E-state index contributed by atoms with van der Waals surface area (Å²) in [5.74, 6) is -3.22. The predicted octanol–water partition coefficient (Wildman–Crippen LogP) is 6.09. The fourth-order valence-electron chi connectivity index (χ4n) is 4.22. The van der Waals surface area contributed by atoms with E-state index >= 15 is 0 Å². The van der Waals surface area contributed by atoms with E-state index in [1.54, 1.807) is 0 Å². The zero-order valence-corrected chi connectivity index (χ0v) is 15.0. The molecule has 0 aromatic heterocycles. The first kappa shape index (κ1) is 19.5. The van der Waals surface area contributed by atoms with Crippen LogP contribution < -0.4 is 4.74 Å². The lowest BCUT2D eigenvalue weighted by molar-refractivity contribution is -0.225. The first-order valence-corrected chi connectivity index (χ1v) is 9.56. The summed E-state index contributed by atoms with van der Waals surface area (Å²) in [6.45, 7) is 2.14. The molecule has 1 saturated heterocycles. The van der Waals surface area contributed by atoms with Gasteiger partial charge in [-0.15, -0.1) is 0 Å². The molecule has 0 spiro atoms. The predicted molar refractivity (Wildman–Crippen MR) is 90.2 cm³/mol. The van der Waals surface area contributed by atoms with Crippen molar-refractivity contribution in [2.75, 3.05) is 0 Å². The van der Waals surface area contributed by atoms with Crippen LogP contribution >= 0.6 is 0 Å². The van der Waals surface area contributed by atoms with Crippen molar-refractivity contribution in [3.05, 3.63) is 29.8 Å². The SMILES string of the molecule is CCCC1CCC(C2CCC(C(F)(F)Oc3ccc(F)c(F)c3)CC2)O1. The van der Waals surface area contributed by atoms with Crippen LogP contribution in [-0.2, 0) is 4.74 Å². The minimum absolute atomic E-state index is 0.188. The normalized spacial score (nSPS) is 29.7.